The molecule has 73 valence electrons. The zero-order valence-electron chi connectivity index (χ0n) is 8.76. The van der Waals surface area contributed by atoms with Gasteiger partial charge in [-0.15, -0.1) is 0 Å². The molecule has 2 aliphatic rings. The Bertz CT molecular complexity index is 178. The maximum absolute atomic E-state index is 3.58. The molecule has 0 nitrogen and oxygen atoms in total. The molecule has 0 bridgehead atoms. The van der Waals surface area contributed by atoms with Crippen LogP contribution in [0.3, 0.4) is 0 Å². The van der Waals surface area contributed by atoms with E-state index in [1.807, 2.05) is 0 Å². The molecule has 0 heterocycles. The lowest BCUT2D eigenvalue weighted by Crippen LogP contribution is -2.29. The van der Waals surface area contributed by atoms with Gasteiger partial charge in [-0.1, -0.05) is 38.7 Å². The molecule has 0 aliphatic heterocycles. The summed E-state index contributed by atoms with van der Waals surface area (Å²) >= 11 is 0. The largest absolute Gasteiger partial charge is 0.0807 e. The van der Waals surface area contributed by atoms with Crippen LogP contribution < -0.4 is 0 Å². The van der Waals surface area contributed by atoms with Gasteiger partial charge in [0.2, 0.25) is 0 Å². The number of fused-ring (bicyclic) bond motifs is 1. The maximum atomic E-state index is 3.58. The van der Waals surface area contributed by atoms with E-state index in [1.54, 1.807) is 0 Å². The van der Waals surface area contributed by atoms with Gasteiger partial charge in [-0.3, -0.25) is 0 Å². The maximum Gasteiger partial charge on any atom is -0.0131 e. The highest BCUT2D eigenvalue weighted by Gasteiger charge is 2.32. The third-order valence-electron chi connectivity index (χ3n) is 3.85. The molecular weight excluding hydrogens is 156 g/mol. The lowest BCUT2D eigenvalue weighted by Gasteiger charge is -2.38. The first-order chi connectivity index (χ1) is 6.42. The van der Waals surface area contributed by atoms with Gasteiger partial charge in [0.15, 0.2) is 0 Å². The van der Waals surface area contributed by atoms with Crippen molar-refractivity contribution in [3.8, 4) is 0 Å². The average Bonchev–Trinajstić information content (AvgIpc) is 2.19. The predicted molar refractivity (Wildman–Crippen MR) is 56.3 cm³/mol. The third kappa shape index (κ3) is 1.98. The lowest BCUT2D eigenvalue weighted by molar-refractivity contribution is 0.152. The van der Waals surface area contributed by atoms with Crippen molar-refractivity contribution >= 4 is 0 Å². The minimum Gasteiger partial charge on any atom is -0.0807 e. The molecule has 0 saturated heterocycles. The number of allylic oxidation sites excluding steroid dienone is 2. The van der Waals surface area contributed by atoms with Gasteiger partial charge < -0.3 is 0 Å². The van der Waals surface area contributed by atoms with Gasteiger partial charge in [-0.05, 0) is 43.1 Å². The smallest absolute Gasteiger partial charge is 0.0131 e. The zero-order chi connectivity index (χ0) is 9.10. The molecule has 3 unspecified atom stereocenters. The van der Waals surface area contributed by atoms with E-state index < -0.39 is 0 Å². The molecule has 2 aliphatic carbocycles. The van der Waals surface area contributed by atoms with E-state index in [1.165, 1.54) is 44.9 Å². The molecule has 1 fully saturated rings. The van der Waals surface area contributed by atoms with Crippen molar-refractivity contribution in [1.29, 1.82) is 0 Å². The van der Waals surface area contributed by atoms with Crippen molar-refractivity contribution < 1.29 is 0 Å². The summed E-state index contributed by atoms with van der Waals surface area (Å²) in [6.45, 7) is 2.33. The summed E-state index contributed by atoms with van der Waals surface area (Å²) in [6.07, 6.45) is 15.8. The first-order valence-corrected chi connectivity index (χ1v) is 5.99. The van der Waals surface area contributed by atoms with Gasteiger partial charge in [0.25, 0.3) is 0 Å². The molecule has 3 atom stereocenters. The van der Waals surface area contributed by atoms with Crippen LogP contribution in [0.5, 0.6) is 0 Å². The van der Waals surface area contributed by atoms with Crippen LogP contribution in [-0.4, -0.2) is 0 Å². The van der Waals surface area contributed by atoms with Crippen LogP contribution >= 0.6 is 0 Å². The van der Waals surface area contributed by atoms with Crippen molar-refractivity contribution in [2.75, 3.05) is 0 Å². The molecule has 13 heavy (non-hydrogen) atoms. The highest BCUT2D eigenvalue weighted by molar-refractivity contribution is 4.95. The quantitative estimate of drug-likeness (QED) is 0.598. The Balaban J connectivity index is 2.00. The van der Waals surface area contributed by atoms with Crippen LogP contribution in [0.15, 0.2) is 6.08 Å². The van der Waals surface area contributed by atoms with Crippen LogP contribution in [0.2, 0.25) is 0 Å². The second-order valence-electron chi connectivity index (χ2n) is 4.70. The third-order valence-corrected chi connectivity index (χ3v) is 3.85. The molecule has 0 aromatic carbocycles. The summed E-state index contributed by atoms with van der Waals surface area (Å²) in [4.78, 5) is 0. The molecule has 0 amide bonds. The van der Waals surface area contributed by atoms with Crippen molar-refractivity contribution in [2.24, 2.45) is 17.8 Å². The molecule has 1 radical (unpaired) electrons. The fourth-order valence-electron chi connectivity index (χ4n) is 3.24. The molecule has 0 aromatic heterocycles. The summed E-state index contributed by atoms with van der Waals surface area (Å²) in [5, 5.41) is 0. The van der Waals surface area contributed by atoms with Crippen molar-refractivity contribution in [3.63, 3.8) is 0 Å². The highest BCUT2D eigenvalue weighted by atomic mass is 14.4. The topological polar surface area (TPSA) is 0 Å². The van der Waals surface area contributed by atoms with E-state index in [0.717, 1.165) is 17.8 Å². The second-order valence-corrected chi connectivity index (χ2v) is 4.70. The van der Waals surface area contributed by atoms with Crippen LogP contribution in [0.25, 0.3) is 0 Å². The number of rotatable bonds is 2. The lowest BCUT2D eigenvalue weighted by atomic mass is 9.67. The van der Waals surface area contributed by atoms with Crippen LogP contribution in [0, 0.1) is 23.8 Å². The summed E-state index contributed by atoms with van der Waals surface area (Å²) < 4.78 is 0. The Hall–Kier alpha value is -0.260. The van der Waals surface area contributed by atoms with Crippen LogP contribution in [-0.2, 0) is 0 Å². The Morgan fingerprint density at radius 1 is 1.31 bits per heavy atom. The second kappa shape index (κ2) is 4.30. The Labute approximate surface area is 82.4 Å². The van der Waals surface area contributed by atoms with E-state index in [9.17, 15) is 0 Å². The summed E-state index contributed by atoms with van der Waals surface area (Å²) in [7, 11) is 0. The van der Waals surface area contributed by atoms with Crippen LogP contribution in [0.1, 0.15) is 51.9 Å². The van der Waals surface area contributed by atoms with Gasteiger partial charge in [0.05, 0.1) is 0 Å². The van der Waals surface area contributed by atoms with Crippen molar-refractivity contribution in [3.05, 3.63) is 12.2 Å². The number of hydrogen-bond acceptors (Lipinski definition) is 0. The normalized spacial score (nSPS) is 38.7. The van der Waals surface area contributed by atoms with E-state index in [4.69, 9.17) is 0 Å². The van der Waals surface area contributed by atoms with Gasteiger partial charge in [-0.25, -0.2) is 0 Å². The van der Waals surface area contributed by atoms with Gasteiger partial charge in [0, 0.05) is 0 Å². The Kier molecular flexibility index (Phi) is 3.08. The minimum atomic E-state index is 0.832. The zero-order valence-corrected chi connectivity index (χ0v) is 8.76. The minimum absolute atomic E-state index is 0.832. The molecule has 0 aromatic rings. The van der Waals surface area contributed by atoms with Gasteiger partial charge >= 0.3 is 0 Å². The SMILES string of the molecule is CCCC1CCCC2[C]=CCCC21. The van der Waals surface area contributed by atoms with E-state index in [0.29, 0.717) is 0 Å². The fourth-order valence-corrected chi connectivity index (χ4v) is 3.24. The van der Waals surface area contributed by atoms with Gasteiger partial charge in [-0.2, -0.15) is 0 Å². The fraction of sp³-hybridized carbons (Fsp3) is 0.846. The first-order valence-electron chi connectivity index (χ1n) is 5.99. The summed E-state index contributed by atoms with van der Waals surface area (Å²) in [5.74, 6) is 2.86. The average molecular weight is 177 g/mol. The van der Waals surface area contributed by atoms with E-state index in [2.05, 4.69) is 19.1 Å². The standard InChI is InChI=1S/C13H21/c1-2-6-11-8-5-9-12-7-3-4-10-13(11)12/h3,11-13H,2,4-6,8-10H2,1H3. The molecule has 0 N–H and O–H groups in total. The predicted octanol–water partition coefficient (Wildman–Crippen LogP) is 3.97. The monoisotopic (exact) mass is 177 g/mol. The highest BCUT2D eigenvalue weighted by Crippen LogP contribution is 2.42. The van der Waals surface area contributed by atoms with E-state index in [-0.39, 0.29) is 0 Å². The number of hydrogen-bond donors (Lipinski definition) is 0. The Morgan fingerprint density at radius 2 is 2.23 bits per heavy atom. The summed E-state index contributed by atoms with van der Waals surface area (Å²) in [6, 6.07) is 0. The van der Waals surface area contributed by atoms with E-state index >= 15 is 0 Å². The molecule has 2 rings (SSSR count). The molecular formula is C13H21. The molecule has 0 heteroatoms. The first kappa shape index (κ1) is 9.30. The molecule has 0 spiro atoms. The van der Waals surface area contributed by atoms with Crippen molar-refractivity contribution in [2.45, 2.75) is 51.9 Å². The molecule has 1 saturated carbocycles. The van der Waals surface area contributed by atoms with Crippen LogP contribution in [0.4, 0.5) is 0 Å². The Morgan fingerprint density at radius 3 is 3.08 bits per heavy atom. The van der Waals surface area contributed by atoms with Gasteiger partial charge in [0.1, 0.15) is 0 Å². The van der Waals surface area contributed by atoms with Crippen molar-refractivity contribution in [1.82, 2.24) is 0 Å². The summed E-state index contributed by atoms with van der Waals surface area (Å²) in [5.41, 5.74) is 0.